The summed E-state index contributed by atoms with van der Waals surface area (Å²) in [5.41, 5.74) is 1.25. The van der Waals surface area contributed by atoms with Crippen molar-refractivity contribution in [1.82, 2.24) is 19.8 Å². The van der Waals surface area contributed by atoms with Crippen molar-refractivity contribution in [3.8, 4) is 0 Å². The number of nitrogens with one attached hydrogen (secondary N) is 1. The lowest BCUT2D eigenvalue weighted by Gasteiger charge is -2.35. The lowest BCUT2D eigenvalue weighted by atomic mass is 10.0. The van der Waals surface area contributed by atoms with Gasteiger partial charge in [0.15, 0.2) is 5.82 Å². The Morgan fingerprint density at radius 1 is 1.24 bits per heavy atom. The Bertz CT molecular complexity index is 832. The van der Waals surface area contributed by atoms with Gasteiger partial charge in [0, 0.05) is 37.1 Å². The highest BCUT2D eigenvalue weighted by Crippen LogP contribution is 2.28. The van der Waals surface area contributed by atoms with Crippen molar-refractivity contribution < 1.29 is 14.0 Å². The molecule has 7 heteroatoms. The summed E-state index contributed by atoms with van der Waals surface area (Å²) < 4.78 is 16.2. The van der Waals surface area contributed by atoms with E-state index in [1.165, 1.54) is 11.0 Å². The number of amides is 2. The molecular weight excluding hydrogens is 323 g/mol. The Hall–Kier alpha value is -2.70. The molecule has 0 aliphatic carbocycles. The van der Waals surface area contributed by atoms with Crippen molar-refractivity contribution in [3.05, 3.63) is 53.4 Å². The minimum absolute atomic E-state index is 0.207. The number of nitrogens with zero attached hydrogens (tertiary/aromatic N) is 3. The van der Waals surface area contributed by atoms with Crippen LogP contribution >= 0.6 is 0 Å². The number of halogens is 1. The van der Waals surface area contributed by atoms with Crippen LogP contribution in [0.1, 0.15) is 40.8 Å². The summed E-state index contributed by atoms with van der Waals surface area (Å²) in [4.78, 5) is 31.3. The highest BCUT2D eigenvalue weighted by atomic mass is 19.1. The standard InChI is InChI=1S/C18H19FN4O2/c19-14-7-2-1-6-13(14)15-17(24)20-8-10-23(15)18(25)16-21-11-12-5-3-4-9-22(12)16/h1-2,6-7,11,15H,3-5,8-10H2,(H,20,24). The minimum Gasteiger partial charge on any atom is -0.352 e. The third-order valence-corrected chi connectivity index (χ3v) is 4.87. The minimum atomic E-state index is -0.973. The van der Waals surface area contributed by atoms with Gasteiger partial charge in [-0.15, -0.1) is 0 Å². The van der Waals surface area contributed by atoms with Gasteiger partial charge in [0.1, 0.15) is 11.9 Å². The molecular formula is C18H19FN4O2. The average molecular weight is 342 g/mol. The maximum Gasteiger partial charge on any atom is 0.290 e. The van der Waals surface area contributed by atoms with Crippen LogP contribution in [-0.4, -0.2) is 39.4 Å². The summed E-state index contributed by atoms with van der Waals surface area (Å²) in [6.45, 7) is 1.43. The Kier molecular flexibility index (Phi) is 3.99. The molecule has 25 heavy (non-hydrogen) atoms. The van der Waals surface area contributed by atoms with E-state index in [2.05, 4.69) is 10.3 Å². The summed E-state index contributed by atoms with van der Waals surface area (Å²) in [6.07, 6.45) is 4.72. The van der Waals surface area contributed by atoms with E-state index in [0.29, 0.717) is 18.9 Å². The maximum atomic E-state index is 14.3. The Balaban J connectivity index is 1.72. The molecule has 3 heterocycles. The van der Waals surface area contributed by atoms with Crippen LogP contribution in [0.5, 0.6) is 0 Å². The number of hydrogen-bond acceptors (Lipinski definition) is 3. The predicted octanol–water partition coefficient (Wildman–Crippen LogP) is 1.67. The molecule has 6 nitrogen and oxygen atoms in total. The first kappa shape index (κ1) is 15.8. The van der Waals surface area contributed by atoms with Crippen LogP contribution in [0.3, 0.4) is 0 Å². The molecule has 1 atom stereocenters. The zero-order valence-corrected chi connectivity index (χ0v) is 13.7. The molecule has 4 rings (SSSR count). The van der Waals surface area contributed by atoms with E-state index in [0.717, 1.165) is 31.5 Å². The van der Waals surface area contributed by atoms with Crippen molar-refractivity contribution in [3.63, 3.8) is 0 Å². The Labute approximate surface area is 144 Å². The van der Waals surface area contributed by atoms with Gasteiger partial charge in [0.25, 0.3) is 5.91 Å². The lowest BCUT2D eigenvalue weighted by Crippen LogP contribution is -2.52. The van der Waals surface area contributed by atoms with Gasteiger partial charge in [0.2, 0.25) is 5.91 Å². The van der Waals surface area contributed by atoms with Crippen molar-refractivity contribution >= 4 is 11.8 Å². The summed E-state index contributed by atoms with van der Waals surface area (Å²) in [5, 5.41) is 2.72. The molecule has 1 fully saturated rings. The second-order valence-electron chi connectivity index (χ2n) is 6.40. The van der Waals surface area contributed by atoms with Gasteiger partial charge in [-0.05, 0) is 25.3 Å². The van der Waals surface area contributed by atoms with E-state index in [-0.39, 0.29) is 17.4 Å². The quantitative estimate of drug-likeness (QED) is 0.903. The van der Waals surface area contributed by atoms with Crippen LogP contribution in [-0.2, 0) is 17.8 Å². The normalized spacial score (nSPS) is 20.1. The molecule has 2 aromatic rings. The van der Waals surface area contributed by atoms with E-state index in [1.807, 2.05) is 4.57 Å². The Morgan fingerprint density at radius 2 is 2.08 bits per heavy atom. The van der Waals surface area contributed by atoms with Crippen LogP contribution in [0.15, 0.2) is 30.5 Å². The molecule has 0 spiro atoms. The van der Waals surface area contributed by atoms with E-state index in [9.17, 15) is 14.0 Å². The second-order valence-corrected chi connectivity index (χ2v) is 6.40. The maximum absolute atomic E-state index is 14.3. The SMILES string of the molecule is O=C1NCCN(C(=O)c2ncc3n2CCCC3)C1c1ccccc1F. The van der Waals surface area contributed by atoms with Crippen LogP contribution in [0, 0.1) is 5.82 Å². The number of aromatic nitrogens is 2. The van der Waals surface area contributed by atoms with Crippen molar-refractivity contribution in [2.75, 3.05) is 13.1 Å². The first-order chi connectivity index (χ1) is 12.2. The largest absolute Gasteiger partial charge is 0.352 e. The van der Waals surface area contributed by atoms with E-state index in [1.54, 1.807) is 24.4 Å². The van der Waals surface area contributed by atoms with Gasteiger partial charge in [-0.1, -0.05) is 18.2 Å². The second kappa shape index (κ2) is 6.31. The molecule has 1 saturated heterocycles. The van der Waals surface area contributed by atoms with Crippen molar-refractivity contribution in [2.24, 2.45) is 0 Å². The van der Waals surface area contributed by atoms with E-state index in [4.69, 9.17) is 0 Å². The molecule has 0 bridgehead atoms. The first-order valence-electron chi connectivity index (χ1n) is 8.54. The fourth-order valence-electron chi connectivity index (χ4n) is 3.63. The number of imidazole rings is 1. The van der Waals surface area contributed by atoms with Crippen molar-refractivity contribution in [2.45, 2.75) is 31.8 Å². The fraction of sp³-hybridized carbons (Fsp3) is 0.389. The molecule has 0 saturated carbocycles. The summed E-state index contributed by atoms with van der Waals surface area (Å²) >= 11 is 0. The van der Waals surface area contributed by atoms with E-state index < -0.39 is 11.9 Å². The molecule has 2 amide bonds. The predicted molar refractivity (Wildman–Crippen MR) is 88.4 cm³/mol. The highest BCUT2D eigenvalue weighted by molar-refractivity contribution is 5.96. The number of fused-ring (bicyclic) bond motifs is 1. The van der Waals surface area contributed by atoms with Gasteiger partial charge in [0.05, 0.1) is 0 Å². The molecule has 130 valence electrons. The summed E-state index contributed by atoms with van der Waals surface area (Å²) in [6, 6.07) is 5.11. The molecule has 1 aromatic carbocycles. The molecule has 1 N–H and O–H groups in total. The van der Waals surface area contributed by atoms with Gasteiger partial charge >= 0.3 is 0 Å². The first-order valence-corrected chi connectivity index (χ1v) is 8.54. The van der Waals surface area contributed by atoms with Gasteiger partial charge in [-0.3, -0.25) is 9.59 Å². The third-order valence-electron chi connectivity index (χ3n) is 4.87. The molecule has 2 aliphatic rings. The topological polar surface area (TPSA) is 67.2 Å². The van der Waals surface area contributed by atoms with Gasteiger partial charge in [-0.2, -0.15) is 0 Å². The number of hydrogen-bond donors (Lipinski definition) is 1. The summed E-state index contributed by atoms with van der Waals surface area (Å²) in [5.74, 6) is -0.843. The van der Waals surface area contributed by atoms with E-state index >= 15 is 0 Å². The van der Waals surface area contributed by atoms with Crippen molar-refractivity contribution in [1.29, 1.82) is 0 Å². The summed E-state index contributed by atoms with van der Waals surface area (Å²) in [7, 11) is 0. The monoisotopic (exact) mass is 342 g/mol. The van der Waals surface area contributed by atoms with Gasteiger partial charge < -0.3 is 14.8 Å². The number of rotatable bonds is 2. The lowest BCUT2D eigenvalue weighted by molar-refractivity contribution is -0.128. The van der Waals surface area contributed by atoms with Gasteiger partial charge in [-0.25, -0.2) is 9.37 Å². The number of benzene rings is 1. The molecule has 2 aliphatic heterocycles. The molecule has 1 aromatic heterocycles. The zero-order valence-electron chi connectivity index (χ0n) is 13.7. The average Bonchev–Trinajstić information content (AvgIpc) is 3.06. The number of aryl methyl sites for hydroxylation is 1. The van der Waals surface area contributed by atoms with Crippen LogP contribution in [0.25, 0.3) is 0 Å². The Morgan fingerprint density at radius 3 is 2.92 bits per heavy atom. The molecule has 1 unspecified atom stereocenters. The zero-order chi connectivity index (χ0) is 17.4. The number of carbonyl (C=O) groups excluding carboxylic acids is 2. The number of piperazine rings is 1. The van der Waals surface area contributed by atoms with Crippen LogP contribution in [0.4, 0.5) is 4.39 Å². The number of carbonyl (C=O) groups is 2. The van der Waals surface area contributed by atoms with Crippen LogP contribution in [0.2, 0.25) is 0 Å². The highest BCUT2D eigenvalue weighted by Gasteiger charge is 2.38. The molecule has 0 radical (unpaired) electrons. The smallest absolute Gasteiger partial charge is 0.290 e. The fourth-order valence-corrected chi connectivity index (χ4v) is 3.63. The third kappa shape index (κ3) is 2.69. The van der Waals surface area contributed by atoms with Crippen LogP contribution < -0.4 is 5.32 Å².